The zero-order valence-corrected chi connectivity index (χ0v) is 14.4. The molecule has 0 aromatic carbocycles. The second-order valence-electron chi connectivity index (χ2n) is 5.35. The highest BCUT2D eigenvalue weighted by Gasteiger charge is 2.38. The van der Waals surface area contributed by atoms with Gasteiger partial charge in [-0.2, -0.15) is 26.3 Å². The van der Waals surface area contributed by atoms with Crippen molar-refractivity contribution in [2.24, 2.45) is 0 Å². The lowest BCUT2D eigenvalue weighted by atomic mass is 10.2. The van der Waals surface area contributed by atoms with E-state index in [1.807, 2.05) is 18.5 Å². The number of alkyl halides is 6. The van der Waals surface area contributed by atoms with E-state index in [-0.39, 0.29) is 0 Å². The van der Waals surface area contributed by atoms with E-state index in [0.29, 0.717) is 0 Å². The number of aliphatic carboxylic acids is 2. The van der Waals surface area contributed by atoms with E-state index in [2.05, 4.69) is 21.3 Å². The van der Waals surface area contributed by atoms with E-state index in [9.17, 15) is 26.3 Å². The van der Waals surface area contributed by atoms with Gasteiger partial charge >= 0.3 is 24.3 Å². The lowest BCUT2D eigenvalue weighted by molar-refractivity contribution is -0.193. The number of pyridine rings is 1. The van der Waals surface area contributed by atoms with Gasteiger partial charge in [0.2, 0.25) is 0 Å². The SMILES string of the molecule is O=C(O)C(F)(F)F.O=C(O)C(F)(F)F.c1cncc(CN2CCCNCC2)c1. The van der Waals surface area contributed by atoms with E-state index >= 15 is 0 Å². The normalized spacial score (nSPS) is 15.2. The molecular weight excluding hydrogens is 400 g/mol. The van der Waals surface area contributed by atoms with Crippen LogP contribution in [0.25, 0.3) is 0 Å². The van der Waals surface area contributed by atoms with Crippen LogP contribution in [0.5, 0.6) is 0 Å². The highest BCUT2D eigenvalue weighted by Crippen LogP contribution is 2.13. The van der Waals surface area contributed by atoms with Crippen molar-refractivity contribution in [2.45, 2.75) is 25.3 Å². The number of nitrogens with zero attached hydrogens (tertiary/aromatic N) is 2. The van der Waals surface area contributed by atoms with E-state index in [0.717, 1.165) is 26.2 Å². The topological polar surface area (TPSA) is 103 Å². The predicted molar refractivity (Wildman–Crippen MR) is 84.4 cm³/mol. The Labute approximate surface area is 156 Å². The average Bonchev–Trinajstić information content (AvgIpc) is 2.84. The number of hydrogen-bond acceptors (Lipinski definition) is 5. The Bertz CT molecular complexity index is 564. The molecule has 0 saturated carbocycles. The third-order valence-electron chi connectivity index (χ3n) is 3.05. The van der Waals surface area contributed by atoms with Crippen molar-refractivity contribution >= 4 is 11.9 Å². The van der Waals surface area contributed by atoms with E-state index < -0.39 is 24.3 Å². The molecule has 2 rings (SSSR count). The minimum Gasteiger partial charge on any atom is -0.475 e. The Hall–Kier alpha value is -2.41. The quantitative estimate of drug-likeness (QED) is 0.632. The molecule has 1 saturated heterocycles. The van der Waals surface area contributed by atoms with Gasteiger partial charge in [0, 0.05) is 32.0 Å². The fourth-order valence-electron chi connectivity index (χ4n) is 1.81. The van der Waals surface area contributed by atoms with Gasteiger partial charge in [0.05, 0.1) is 0 Å². The number of aromatic nitrogens is 1. The van der Waals surface area contributed by atoms with Crippen LogP contribution in [0, 0.1) is 0 Å². The summed E-state index contributed by atoms with van der Waals surface area (Å²) in [6, 6.07) is 4.15. The smallest absolute Gasteiger partial charge is 0.475 e. The van der Waals surface area contributed by atoms with E-state index in [1.165, 1.54) is 18.5 Å². The number of carboxylic acids is 2. The van der Waals surface area contributed by atoms with Gasteiger partial charge in [0.15, 0.2) is 0 Å². The minimum atomic E-state index is -5.08. The molecule has 0 radical (unpaired) electrons. The summed E-state index contributed by atoms with van der Waals surface area (Å²) < 4.78 is 63.5. The van der Waals surface area contributed by atoms with Crippen molar-refractivity contribution < 1.29 is 46.1 Å². The number of carbonyl (C=O) groups is 2. The first-order chi connectivity index (χ1) is 12.8. The molecule has 1 aliphatic rings. The Morgan fingerprint density at radius 2 is 1.57 bits per heavy atom. The molecular formula is C15H19F6N3O4. The van der Waals surface area contributed by atoms with Crippen molar-refractivity contribution in [3.05, 3.63) is 30.1 Å². The molecule has 0 aliphatic carbocycles. The Morgan fingerprint density at radius 3 is 2.00 bits per heavy atom. The van der Waals surface area contributed by atoms with Crippen LogP contribution in [0.3, 0.4) is 0 Å². The number of hydrogen-bond donors (Lipinski definition) is 3. The summed E-state index contributed by atoms with van der Waals surface area (Å²) >= 11 is 0. The molecule has 3 N–H and O–H groups in total. The second kappa shape index (κ2) is 12.1. The molecule has 1 aromatic heterocycles. The fourth-order valence-corrected chi connectivity index (χ4v) is 1.81. The van der Waals surface area contributed by atoms with Crippen LogP contribution in [0.15, 0.2) is 24.5 Å². The largest absolute Gasteiger partial charge is 0.490 e. The molecule has 13 heteroatoms. The molecule has 160 valence electrons. The van der Waals surface area contributed by atoms with Gasteiger partial charge in [-0.25, -0.2) is 9.59 Å². The van der Waals surface area contributed by atoms with Gasteiger partial charge in [-0.3, -0.25) is 9.88 Å². The lowest BCUT2D eigenvalue weighted by Crippen LogP contribution is -2.27. The third-order valence-corrected chi connectivity index (χ3v) is 3.05. The maximum absolute atomic E-state index is 10.6. The highest BCUT2D eigenvalue weighted by atomic mass is 19.4. The summed E-state index contributed by atoms with van der Waals surface area (Å²) in [5, 5.41) is 17.7. The first-order valence-corrected chi connectivity index (χ1v) is 7.76. The standard InChI is InChI=1S/C11H17N3.2C2HF3O2/c1-3-11(9-13-4-1)10-14-7-2-5-12-6-8-14;2*3-2(4,5)1(6)7/h1,3-4,9,12H,2,5-8,10H2;2*(H,6,7). The molecule has 1 aromatic rings. The number of halogens is 6. The van der Waals surface area contributed by atoms with Crippen LogP contribution in [-0.4, -0.2) is 70.6 Å². The van der Waals surface area contributed by atoms with Gasteiger partial charge in [-0.1, -0.05) is 6.07 Å². The molecule has 0 unspecified atom stereocenters. The number of rotatable bonds is 2. The molecule has 2 heterocycles. The van der Waals surface area contributed by atoms with E-state index in [1.54, 1.807) is 0 Å². The molecule has 0 amide bonds. The van der Waals surface area contributed by atoms with Gasteiger partial charge < -0.3 is 15.5 Å². The second-order valence-corrected chi connectivity index (χ2v) is 5.35. The Kier molecular flexibility index (Phi) is 11.1. The minimum absolute atomic E-state index is 1.04. The molecule has 0 spiro atoms. The molecule has 28 heavy (non-hydrogen) atoms. The molecule has 0 bridgehead atoms. The molecule has 1 aliphatic heterocycles. The molecule has 0 atom stereocenters. The lowest BCUT2D eigenvalue weighted by Gasteiger charge is -2.18. The first-order valence-electron chi connectivity index (χ1n) is 7.76. The summed E-state index contributed by atoms with van der Waals surface area (Å²) in [5.41, 5.74) is 1.31. The van der Waals surface area contributed by atoms with Crippen LogP contribution < -0.4 is 5.32 Å². The van der Waals surface area contributed by atoms with Crippen molar-refractivity contribution in [2.75, 3.05) is 26.2 Å². The monoisotopic (exact) mass is 419 g/mol. The van der Waals surface area contributed by atoms with Crippen LogP contribution in [-0.2, 0) is 16.1 Å². The summed E-state index contributed by atoms with van der Waals surface area (Å²) in [5.74, 6) is -5.51. The summed E-state index contributed by atoms with van der Waals surface area (Å²) in [4.78, 5) is 24.4. The van der Waals surface area contributed by atoms with Crippen molar-refractivity contribution in [3.63, 3.8) is 0 Å². The maximum Gasteiger partial charge on any atom is 0.490 e. The zero-order valence-electron chi connectivity index (χ0n) is 14.4. The number of carboxylic acid groups (broad SMARTS) is 2. The molecule has 1 fully saturated rings. The summed E-state index contributed by atoms with van der Waals surface area (Å²) in [6.45, 7) is 5.65. The van der Waals surface area contributed by atoms with E-state index in [4.69, 9.17) is 19.8 Å². The zero-order chi connectivity index (χ0) is 21.8. The van der Waals surface area contributed by atoms with Crippen molar-refractivity contribution in [1.29, 1.82) is 0 Å². The predicted octanol–water partition coefficient (Wildman–Crippen LogP) is 2.14. The van der Waals surface area contributed by atoms with Crippen LogP contribution in [0.4, 0.5) is 26.3 Å². The maximum atomic E-state index is 10.6. The van der Waals surface area contributed by atoms with Crippen molar-refractivity contribution in [1.82, 2.24) is 15.2 Å². The van der Waals surface area contributed by atoms with Gasteiger partial charge in [0.25, 0.3) is 0 Å². The Balaban J connectivity index is 0.000000444. The highest BCUT2D eigenvalue weighted by molar-refractivity contribution is 5.73. The van der Waals surface area contributed by atoms with Gasteiger partial charge in [-0.05, 0) is 31.1 Å². The average molecular weight is 419 g/mol. The Morgan fingerprint density at radius 1 is 1.04 bits per heavy atom. The van der Waals surface area contributed by atoms with Crippen LogP contribution in [0.1, 0.15) is 12.0 Å². The summed E-state index contributed by atoms with van der Waals surface area (Å²) in [6.07, 6.45) is -5.13. The van der Waals surface area contributed by atoms with Crippen molar-refractivity contribution in [3.8, 4) is 0 Å². The van der Waals surface area contributed by atoms with Crippen LogP contribution >= 0.6 is 0 Å². The fraction of sp³-hybridized carbons (Fsp3) is 0.533. The first kappa shape index (κ1) is 25.6. The van der Waals surface area contributed by atoms with Gasteiger partial charge in [-0.15, -0.1) is 0 Å². The summed E-state index contributed by atoms with van der Waals surface area (Å²) in [7, 11) is 0. The molecule has 7 nitrogen and oxygen atoms in total. The number of nitrogens with one attached hydrogen (secondary N) is 1. The third kappa shape index (κ3) is 12.9. The van der Waals surface area contributed by atoms with Gasteiger partial charge in [0.1, 0.15) is 0 Å². The van der Waals surface area contributed by atoms with Crippen LogP contribution in [0.2, 0.25) is 0 Å².